The van der Waals surface area contributed by atoms with E-state index in [0.717, 1.165) is 21.6 Å². The van der Waals surface area contributed by atoms with Crippen LogP contribution < -0.4 is 20.1 Å². The highest BCUT2D eigenvalue weighted by Crippen LogP contribution is 2.34. The number of fused-ring (bicyclic) bond motifs is 1. The molecule has 4 amide bonds. The molecule has 8 nitrogen and oxygen atoms in total. The van der Waals surface area contributed by atoms with Crippen LogP contribution >= 0.6 is 0 Å². The number of hydrogen-bond donors (Lipinski definition) is 2. The summed E-state index contributed by atoms with van der Waals surface area (Å²) in [5.74, 6) is 0.383. The summed E-state index contributed by atoms with van der Waals surface area (Å²) in [4.78, 5) is 38.9. The summed E-state index contributed by atoms with van der Waals surface area (Å²) in [6.07, 6.45) is 0.267. The number of carbonyl (C=O) groups excluding carboxylic acids is 3. The van der Waals surface area contributed by atoms with E-state index in [1.54, 1.807) is 25.1 Å². The number of urea groups is 1. The molecule has 2 aliphatic rings. The monoisotopic (exact) mass is 409 g/mol. The molecule has 0 aliphatic carbocycles. The first-order valence-corrected chi connectivity index (χ1v) is 9.65. The Balaban J connectivity index is 1.45. The van der Waals surface area contributed by atoms with Gasteiger partial charge < -0.3 is 20.1 Å². The van der Waals surface area contributed by atoms with Gasteiger partial charge in [-0.1, -0.05) is 18.2 Å². The zero-order valence-electron chi connectivity index (χ0n) is 17.1. The maximum absolute atomic E-state index is 13.0. The number of anilines is 1. The fourth-order valence-electron chi connectivity index (χ4n) is 3.69. The molecule has 2 N–H and O–H groups in total. The Labute approximate surface area is 174 Å². The first-order valence-electron chi connectivity index (χ1n) is 9.65. The van der Waals surface area contributed by atoms with Crippen molar-refractivity contribution in [3.05, 3.63) is 53.1 Å². The predicted octanol–water partition coefficient (Wildman–Crippen LogP) is 2.52. The molecule has 0 unspecified atom stereocenters. The lowest BCUT2D eigenvalue weighted by Crippen LogP contribution is -2.46. The number of rotatable bonds is 5. The van der Waals surface area contributed by atoms with Gasteiger partial charge in [0.25, 0.3) is 5.91 Å². The highest BCUT2D eigenvalue weighted by molar-refractivity contribution is 6.10. The van der Waals surface area contributed by atoms with Crippen LogP contribution in [0.1, 0.15) is 23.6 Å². The van der Waals surface area contributed by atoms with E-state index in [-0.39, 0.29) is 19.8 Å². The van der Waals surface area contributed by atoms with Crippen molar-refractivity contribution in [2.24, 2.45) is 0 Å². The van der Waals surface area contributed by atoms with Gasteiger partial charge in [0.1, 0.15) is 12.1 Å². The Kier molecular flexibility index (Phi) is 4.85. The van der Waals surface area contributed by atoms with Crippen LogP contribution in [0.4, 0.5) is 10.5 Å². The Morgan fingerprint density at radius 3 is 2.73 bits per heavy atom. The fourth-order valence-corrected chi connectivity index (χ4v) is 3.69. The highest BCUT2D eigenvalue weighted by atomic mass is 16.7. The molecule has 4 rings (SSSR count). The number of carbonyl (C=O) groups is 3. The Hall–Kier alpha value is -3.55. The quantitative estimate of drug-likeness (QED) is 0.740. The number of nitrogens with one attached hydrogen (secondary N) is 2. The number of amides is 4. The van der Waals surface area contributed by atoms with Gasteiger partial charge in [-0.3, -0.25) is 14.5 Å². The van der Waals surface area contributed by atoms with Crippen molar-refractivity contribution in [2.75, 3.05) is 18.7 Å². The summed E-state index contributed by atoms with van der Waals surface area (Å²) in [5.41, 5.74) is 2.31. The summed E-state index contributed by atoms with van der Waals surface area (Å²) >= 11 is 0. The van der Waals surface area contributed by atoms with Crippen LogP contribution in [-0.2, 0) is 16.0 Å². The third-order valence-electron chi connectivity index (χ3n) is 5.52. The van der Waals surface area contributed by atoms with Gasteiger partial charge in [0.05, 0.1) is 0 Å². The summed E-state index contributed by atoms with van der Waals surface area (Å²) in [6, 6.07) is 10.4. The Bertz CT molecular complexity index is 1050. The lowest BCUT2D eigenvalue weighted by molar-refractivity contribution is -0.133. The zero-order chi connectivity index (χ0) is 21.5. The molecule has 2 aromatic carbocycles. The van der Waals surface area contributed by atoms with Gasteiger partial charge in [-0.25, -0.2) is 4.79 Å². The molecule has 0 bridgehead atoms. The van der Waals surface area contributed by atoms with Crippen molar-refractivity contribution in [1.82, 2.24) is 10.2 Å². The molecule has 1 saturated heterocycles. The SMILES string of the molecule is Cc1cccc(NC(=O)CN2C(=O)N[C@@](C)(Cc3ccc4c(c3)OCO4)C2=O)c1C. The maximum atomic E-state index is 13.0. The Morgan fingerprint density at radius 2 is 1.93 bits per heavy atom. The second kappa shape index (κ2) is 7.37. The highest BCUT2D eigenvalue weighted by Gasteiger charge is 2.48. The fraction of sp³-hybridized carbons (Fsp3) is 0.318. The normalized spacial score (nSPS) is 19.8. The van der Waals surface area contributed by atoms with Gasteiger partial charge in [0.2, 0.25) is 12.7 Å². The average molecular weight is 409 g/mol. The van der Waals surface area contributed by atoms with Crippen LogP contribution in [0, 0.1) is 13.8 Å². The molecule has 0 saturated carbocycles. The summed E-state index contributed by atoms with van der Waals surface area (Å²) in [6.45, 7) is 5.31. The van der Waals surface area contributed by atoms with Gasteiger partial charge in [0, 0.05) is 12.1 Å². The van der Waals surface area contributed by atoms with Crippen molar-refractivity contribution < 1.29 is 23.9 Å². The van der Waals surface area contributed by atoms with Crippen molar-refractivity contribution in [1.29, 1.82) is 0 Å². The lowest BCUT2D eigenvalue weighted by Gasteiger charge is -2.22. The van der Waals surface area contributed by atoms with Gasteiger partial charge in [-0.15, -0.1) is 0 Å². The molecule has 1 fully saturated rings. The first kappa shape index (κ1) is 19.8. The molecule has 0 aromatic heterocycles. The van der Waals surface area contributed by atoms with E-state index in [9.17, 15) is 14.4 Å². The van der Waals surface area contributed by atoms with E-state index in [0.29, 0.717) is 17.2 Å². The molecule has 0 radical (unpaired) electrons. The van der Waals surface area contributed by atoms with Crippen LogP contribution in [0.3, 0.4) is 0 Å². The van der Waals surface area contributed by atoms with E-state index < -0.39 is 23.4 Å². The van der Waals surface area contributed by atoms with E-state index in [4.69, 9.17) is 9.47 Å². The minimum atomic E-state index is -1.15. The first-order chi connectivity index (χ1) is 14.3. The molecule has 0 spiro atoms. The van der Waals surface area contributed by atoms with E-state index in [1.165, 1.54) is 0 Å². The number of benzene rings is 2. The van der Waals surface area contributed by atoms with Gasteiger partial charge >= 0.3 is 6.03 Å². The summed E-state index contributed by atoms with van der Waals surface area (Å²) in [7, 11) is 0. The number of nitrogens with zero attached hydrogens (tertiary/aromatic N) is 1. The molecule has 8 heteroatoms. The molecule has 2 aliphatic heterocycles. The van der Waals surface area contributed by atoms with Crippen LogP contribution in [0.2, 0.25) is 0 Å². The largest absolute Gasteiger partial charge is 0.454 e. The second-order valence-electron chi connectivity index (χ2n) is 7.81. The van der Waals surface area contributed by atoms with E-state index in [2.05, 4.69) is 10.6 Å². The number of ether oxygens (including phenoxy) is 2. The average Bonchev–Trinajstić information content (AvgIpc) is 3.23. The van der Waals surface area contributed by atoms with Gasteiger partial charge in [0.15, 0.2) is 11.5 Å². The minimum Gasteiger partial charge on any atom is -0.454 e. The van der Waals surface area contributed by atoms with Crippen molar-refractivity contribution in [3.63, 3.8) is 0 Å². The second-order valence-corrected chi connectivity index (χ2v) is 7.81. The number of aryl methyl sites for hydroxylation is 1. The molecule has 2 heterocycles. The topological polar surface area (TPSA) is 97.0 Å². The van der Waals surface area contributed by atoms with E-state index in [1.807, 2.05) is 32.0 Å². The van der Waals surface area contributed by atoms with Crippen LogP contribution in [0.5, 0.6) is 11.5 Å². The molecule has 2 aromatic rings. The predicted molar refractivity (Wildman–Crippen MR) is 109 cm³/mol. The number of hydrogen-bond acceptors (Lipinski definition) is 5. The molecule has 30 heavy (non-hydrogen) atoms. The van der Waals surface area contributed by atoms with Crippen LogP contribution in [0.25, 0.3) is 0 Å². The van der Waals surface area contributed by atoms with Crippen molar-refractivity contribution >= 4 is 23.5 Å². The van der Waals surface area contributed by atoms with E-state index >= 15 is 0 Å². The van der Waals surface area contributed by atoms with Crippen LogP contribution in [-0.4, -0.2) is 41.6 Å². The zero-order valence-corrected chi connectivity index (χ0v) is 17.1. The smallest absolute Gasteiger partial charge is 0.325 e. The Morgan fingerprint density at radius 1 is 1.17 bits per heavy atom. The maximum Gasteiger partial charge on any atom is 0.325 e. The summed E-state index contributed by atoms with van der Waals surface area (Å²) in [5, 5.41) is 5.50. The molecular formula is C22H23N3O5. The standard InChI is InChI=1S/C22H23N3O5/c1-13-5-4-6-16(14(13)2)23-19(26)11-25-20(27)22(3,24-21(25)28)10-15-7-8-17-18(9-15)30-12-29-17/h4-9H,10-12H2,1-3H3,(H,23,26)(H,24,28)/t22-/m0/s1. The third-order valence-corrected chi connectivity index (χ3v) is 5.52. The lowest BCUT2D eigenvalue weighted by atomic mass is 9.92. The minimum absolute atomic E-state index is 0.162. The number of imide groups is 1. The van der Waals surface area contributed by atoms with Crippen molar-refractivity contribution in [2.45, 2.75) is 32.7 Å². The molecule has 156 valence electrons. The summed E-state index contributed by atoms with van der Waals surface area (Å²) < 4.78 is 10.7. The van der Waals surface area contributed by atoms with Gasteiger partial charge in [-0.2, -0.15) is 0 Å². The van der Waals surface area contributed by atoms with Crippen LogP contribution in [0.15, 0.2) is 36.4 Å². The molecule has 1 atom stereocenters. The van der Waals surface area contributed by atoms with Gasteiger partial charge in [-0.05, 0) is 55.7 Å². The molecular weight excluding hydrogens is 386 g/mol. The van der Waals surface area contributed by atoms with Crippen molar-refractivity contribution in [3.8, 4) is 11.5 Å². The third kappa shape index (κ3) is 3.56.